The third-order valence-corrected chi connectivity index (χ3v) is 5.12. The van der Waals surface area contributed by atoms with Gasteiger partial charge in [0.05, 0.1) is 11.6 Å². The Bertz CT molecular complexity index is 1110. The van der Waals surface area contributed by atoms with Crippen molar-refractivity contribution in [2.45, 2.75) is 32.4 Å². The zero-order valence-corrected chi connectivity index (χ0v) is 16.4. The van der Waals surface area contributed by atoms with Crippen LogP contribution in [-0.2, 0) is 6.61 Å². The van der Waals surface area contributed by atoms with E-state index in [0.717, 1.165) is 47.9 Å². The summed E-state index contributed by atoms with van der Waals surface area (Å²) in [5.74, 6) is 2.52. The van der Waals surface area contributed by atoms with E-state index in [1.807, 2.05) is 49.4 Å². The van der Waals surface area contributed by atoms with Gasteiger partial charge in [0.15, 0.2) is 6.61 Å². The van der Waals surface area contributed by atoms with Crippen LogP contribution in [0.2, 0.25) is 0 Å². The Kier molecular flexibility index (Phi) is 4.84. The molecule has 1 atom stereocenters. The van der Waals surface area contributed by atoms with Crippen molar-refractivity contribution in [1.82, 2.24) is 25.4 Å². The van der Waals surface area contributed by atoms with E-state index in [1.165, 1.54) is 0 Å². The van der Waals surface area contributed by atoms with Crippen LogP contribution in [-0.4, -0.2) is 32.0 Å². The van der Waals surface area contributed by atoms with Gasteiger partial charge in [0.25, 0.3) is 5.89 Å². The zero-order valence-electron chi connectivity index (χ0n) is 16.4. The largest absolute Gasteiger partial charge is 0.485 e. The molecule has 0 aliphatic carbocycles. The number of aromatic nitrogens is 5. The predicted molar refractivity (Wildman–Crippen MR) is 107 cm³/mol. The number of aryl methyl sites for hydroxylation is 1. The molecule has 1 saturated heterocycles. The van der Waals surface area contributed by atoms with Gasteiger partial charge in [0.1, 0.15) is 23.0 Å². The molecule has 152 valence electrons. The maximum absolute atomic E-state index is 5.66. The van der Waals surface area contributed by atoms with Crippen LogP contribution in [0.25, 0.3) is 11.5 Å². The van der Waals surface area contributed by atoms with Crippen LogP contribution in [0, 0.1) is 6.92 Å². The molecule has 4 heterocycles. The van der Waals surface area contributed by atoms with Crippen LogP contribution in [0.4, 0.5) is 5.82 Å². The van der Waals surface area contributed by atoms with Gasteiger partial charge >= 0.3 is 0 Å². The van der Waals surface area contributed by atoms with Crippen molar-refractivity contribution in [3.63, 3.8) is 0 Å². The quantitative estimate of drug-likeness (QED) is 0.475. The highest BCUT2D eigenvalue weighted by Gasteiger charge is 2.31. The number of para-hydroxylation sites is 1. The van der Waals surface area contributed by atoms with E-state index in [-0.39, 0.29) is 12.6 Å². The third kappa shape index (κ3) is 3.61. The van der Waals surface area contributed by atoms with E-state index in [2.05, 4.69) is 30.3 Å². The molecule has 0 spiro atoms. The third-order valence-electron chi connectivity index (χ3n) is 5.12. The predicted octanol–water partition coefficient (Wildman–Crippen LogP) is 3.74. The number of hydrogen-bond donors (Lipinski definition) is 0. The first kappa shape index (κ1) is 18.3. The lowest BCUT2D eigenvalue weighted by Gasteiger charge is -2.24. The van der Waals surface area contributed by atoms with Gasteiger partial charge in [-0.3, -0.25) is 0 Å². The van der Waals surface area contributed by atoms with Crippen LogP contribution in [0.1, 0.15) is 36.1 Å². The van der Waals surface area contributed by atoms with Crippen molar-refractivity contribution < 1.29 is 13.9 Å². The summed E-state index contributed by atoms with van der Waals surface area (Å²) in [7, 11) is 0. The Balaban J connectivity index is 1.28. The van der Waals surface area contributed by atoms with Gasteiger partial charge in [-0.05, 0) is 44.0 Å². The number of hydrogen-bond acceptors (Lipinski definition) is 9. The summed E-state index contributed by atoms with van der Waals surface area (Å²) in [5, 5.41) is 12.0. The molecule has 1 aliphatic rings. The molecule has 30 heavy (non-hydrogen) atoms. The Labute approximate surface area is 172 Å². The Hall–Kier alpha value is -3.75. The minimum atomic E-state index is 0.125. The molecule has 4 aromatic rings. The lowest BCUT2D eigenvalue weighted by molar-refractivity contribution is 0.287. The molecule has 5 rings (SSSR count). The number of benzene rings is 1. The number of anilines is 1. The molecule has 0 amide bonds. The molecule has 3 aromatic heterocycles. The highest BCUT2D eigenvalue weighted by atomic mass is 16.6. The van der Waals surface area contributed by atoms with Gasteiger partial charge in [-0.15, -0.1) is 0 Å². The Morgan fingerprint density at radius 2 is 2.00 bits per heavy atom. The fraction of sp³-hybridized carbons (Fsp3) is 0.286. The van der Waals surface area contributed by atoms with Crippen LogP contribution in [0.15, 0.2) is 57.8 Å². The topological polar surface area (TPSA) is 103 Å². The number of rotatable bonds is 6. The number of ether oxygens (including phenoxy) is 1. The smallest absolute Gasteiger partial charge is 0.259 e. The van der Waals surface area contributed by atoms with Gasteiger partial charge in [0.2, 0.25) is 5.82 Å². The first-order chi connectivity index (χ1) is 14.8. The van der Waals surface area contributed by atoms with Crippen LogP contribution in [0.3, 0.4) is 0 Å². The van der Waals surface area contributed by atoms with E-state index >= 15 is 0 Å². The number of nitrogens with zero attached hydrogens (tertiary/aromatic N) is 6. The Morgan fingerprint density at radius 3 is 2.77 bits per heavy atom. The molecule has 1 fully saturated rings. The maximum atomic E-state index is 5.66. The monoisotopic (exact) mass is 404 g/mol. The second kappa shape index (κ2) is 7.94. The van der Waals surface area contributed by atoms with Crippen LogP contribution >= 0.6 is 0 Å². The molecular formula is C21H20N6O3. The molecule has 1 aromatic carbocycles. The molecule has 9 heteroatoms. The van der Waals surface area contributed by atoms with Crippen molar-refractivity contribution in [3.05, 3.63) is 65.9 Å². The summed E-state index contributed by atoms with van der Waals surface area (Å²) in [6.07, 6.45) is 3.80. The van der Waals surface area contributed by atoms with Gasteiger partial charge in [0, 0.05) is 12.7 Å². The number of pyridine rings is 1. The normalized spacial score (nSPS) is 16.2. The minimum absolute atomic E-state index is 0.125. The van der Waals surface area contributed by atoms with E-state index in [9.17, 15) is 0 Å². The molecule has 0 unspecified atom stereocenters. The van der Waals surface area contributed by atoms with Crippen molar-refractivity contribution >= 4 is 5.82 Å². The average molecular weight is 404 g/mol. The lowest BCUT2D eigenvalue weighted by atomic mass is 10.1. The van der Waals surface area contributed by atoms with E-state index in [0.29, 0.717) is 11.7 Å². The molecule has 0 N–H and O–H groups in total. The van der Waals surface area contributed by atoms with E-state index in [4.69, 9.17) is 13.9 Å². The Morgan fingerprint density at radius 1 is 1.10 bits per heavy atom. The van der Waals surface area contributed by atoms with Gasteiger partial charge < -0.3 is 14.2 Å². The molecule has 1 aliphatic heterocycles. The lowest BCUT2D eigenvalue weighted by Crippen LogP contribution is -2.24. The highest BCUT2D eigenvalue weighted by molar-refractivity contribution is 5.55. The van der Waals surface area contributed by atoms with Crippen molar-refractivity contribution in [2.75, 3.05) is 11.4 Å². The molecule has 0 saturated carbocycles. The summed E-state index contributed by atoms with van der Waals surface area (Å²) in [4.78, 5) is 11.2. The average Bonchev–Trinajstić information content (AvgIpc) is 3.54. The van der Waals surface area contributed by atoms with Gasteiger partial charge in [-0.1, -0.05) is 33.7 Å². The summed E-state index contributed by atoms with van der Waals surface area (Å²) >= 11 is 0. The first-order valence-corrected chi connectivity index (χ1v) is 9.80. The standard InChI is InChI=1S/C21H20N6O3/c1-14-20(26-30-24-14)17-8-5-11-27(17)19-10-9-15(12-22-19)21-23-18(25-29-21)13-28-16-6-3-2-4-7-16/h2-4,6-7,9-10,12,17H,5,8,11,13H2,1H3/t17-/m0/s1. The molecule has 0 bridgehead atoms. The van der Waals surface area contributed by atoms with Crippen LogP contribution < -0.4 is 9.64 Å². The van der Waals surface area contributed by atoms with E-state index in [1.54, 1.807) is 6.20 Å². The van der Waals surface area contributed by atoms with Crippen molar-refractivity contribution in [2.24, 2.45) is 0 Å². The zero-order chi connectivity index (χ0) is 20.3. The second-order valence-corrected chi connectivity index (χ2v) is 7.11. The summed E-state index contributed by atoms with van der Waals surface area (Å²) in [6.45, 7) is 3.05. The molecule has 9 nitrogen and oxygen atoms in total. The minimum Gasteiger partial charge on any atom is -0.485 e. The maximum Gasteiger partial charge on any atom is 0.259 e. The van der Waals surface area contributed by atoms with Crippen molar-refractivity contribution in [3.8, 4) is 17.2 Å². The fourth-order valence-electron chi connectivity index (χ4n) is 3.64. The summed E-state index contributed by atoms with van der Waals surface area (Å²) in [5.41, 5.74) is 2.45. The van der Waals surface area contributed by atoms with Gasteiger partial charge in [-0.25, -0.2) is 9.61 Å². The van der Waals surface area contributed by atoms with E-state index < -0.39 is 0 Å². The molecule has 0 radical (unpaired) electrons. The second-order valence-electron chi connectivity index (χ2n) is 7.11. The van der Waals surface area contributed by atoms with Gasteiger partial charge in [-0.2, -0.15) is 4.98 Å². The molecular weight excluding hydrogens is 384 g/mol. The summed E-state index contributed by atoms with van der Waals surface area (Å²) in [6, 6.07) is 13.5. The first-order valence-electron chi connectivity index (χ1n) is 9.80. The summed E-state index contributed by atoms with van der Waals surface area (Å²) < 4.78 is 15.9. The highest BCUT2D eigenvalue weighted by Crippen LogP contribution is 2.35. The SMILES string of the molecule is Cc1nonc1[C@@H]1CCCN1c1ccc(-c2nc(COc3ccccc3)no2)cn1. The fourth-order valence-corrected chi connectivity index (χ4v) is 3.64. The van der Waals surface area contributed by atoms with Crippen molar-refractivity contribution in [1.29, 1.82) is 0 Å². The van der Waals surface area contributed by atoms with Crippen LogP contribution in [0.5, 0.6) is 5.75 Å².